The molecule has 3 aromatic rings. The highest BCUT2D eigenvalue weighted by Gasteiger charge is 2.07. The molecule has 0 aliphatic heterocycles. The van der Waals surface area contributed by atoms with Gasteiger partial charge in [-0.15, -0.1) is 0 Å². The van der Waals surface area contributed by atoms with Crippen LogP contribution >= 0.6 is 0 Å². The Kier molecular flexibility index (Phi) is 3.40. The zero-order valence-corrected chi connectivity index (χ0v) is 11.0. The highest BCUT2D eigenvalue weighted by atomic mass is 16.3. The van der Waals surface area contributed by atoms with Crippen LogP contribution in [0.3, 0.4) is 0 Å². The number of rotatable bonds is 5. The smallest absolute Gasteiger partial charge is 0.216 e. The number of aromatic amines is 1. The maximum atomic E-state index is 5.24. The maximum absolute atomic E-state index is 5.24. The van der Waals surface area contributed by atoms with Crippen LogP contribution in [0.2, 0.25) is 0 Å². The zero-order chi connectivity index (χ0) is 13.8. The summed E-state index contributed by atoms with van der Waals surface area (Å²) in [5, 5.41) is 10.2. The standard InChI is InChI=1S/C13H14N6O/c1-9-7-14-8-12(16-9)15-5-4-11-17-13(19-18-11)10-3-2-6-20-10/h2-3,6-8H,4-5H2,1H3,(H,15,16)(H,17,18,19). The van der Waals surface area contributed by atoms with Gasteiger partial charge < -0.3 is 9.73 Å². The first-order valence-electron chi connectivity index (χ1n) is 6.29. The van der Waals surface area contributed by atoms with Gasteiger partial charge in [-0.2, -0.15) is 5.10 Å². The maximum Gasteiger partial charge on any atom is 0.216 e. The lowest BCUT2D eigenvalue weighted by Crippen LogP contribution is -2.08. The summed E-state index contributed by atoms with van der Waals surface area (Å²) in [6, 6.07) is 3.64. The molecule has 0 atom stereocenters. The summed E-state index contributed by atoms with van der Waals surface area (Å²) in [5.74, 6) is 2.78. The van der Waals surface area contributed by atoms with Crippen molar-refractivity contribution in [1.29, 1.82) is 0 Å². The van der Waals surface area contributed by atoms with Crippen LogP contribution < -0.4 is 5.32 Å². The number of aromatic nitrogens is 5. The van der Waals surface area contributed by atoms with Crippen molar-refractivity contribution in [1.82, 2.24) is 25.1 Å². The van der Waals surface area contributed by atoms with Crippen LogP contribution in [0.5, 0.6) is 0 Å². The number of anilines is 1. The van der Waals surface area contributed by atoms with Crippen LogP contribution in [0.4, 0.5) is 5.82 Å². The first-order chi connectivity index (χ1) is 9.81. The minimum absolute atomic E-state index is 0.570. The van der Waals surface area contributed by atoms with Crippen LogP contribution in [0.1, 0.15) is 11.5 Å². The Morgan fingerprint density at radius 2 is 2.25 bits per heavy atom. The summed E-state index contributed by atoms with van der Waals surface area (Å²) < 4.78 is 5.24. The third-order valence-corrected chi connectivity index (χ3v) is 2.70. The Morgan fingerprint density at radius 1 is 1.30 bits per heavy atom. The van der Waals surface area contributed by atoms with Crippen molar-refractivity contribution in [3.63, 3.8) is 0 Å². The Bertz CT molecular complexity index is 676. The van der Waals surface area contributed by atoms with Crippen LogP contribution in [0.25, 0.3) is 11.6 Å². The van der Waals surface area contributed by atoms with Gasteiger partial charge in [-0.05, 0) is 19.1 Å². The molecule has 0 bridgehead atoms. The van der Waals surface area contributed by atoms with E-state index in [1.54, 1.807) is 18.7 Å². The molecule has 7 heteroatoms. The Labute approximate surface area is 115 Å². The molecular weight excluding hydrogens is 256 g/mol. The van der Waals surface area contributed by atoms with Crippen molar-refractivity contribution in [3.8, 4) is 11.6 Å². The highest BCUT2D eigenvalue weighted by molar-refractivity contribution is 5.45. The van der Waals surface area contributed by atoms with Crippen molar-refractivity contribution in [2.24, 2.45) is 0 Å². The number of H-pyrrole nitrogens is 1. The Hall–Kier alpha value is -2.70. The van der Waals surface area contributed by atoms with E-state index < -0.39 is 0 Å². The fraction of sp³-hybridized carbons (Fsp3) is 0.231. The molecule has 0 aromatic carbocycles. The molecular formula is C13H14N6O. The lowest BCUT2D eigenvalue weighted by molar-refractivity contribution is 0.577. The zero-order valence-electron chi connectivity index (χ0n) is 11.0. The van der Waals surface area contributed by atoms with Gasteiger partial charge in [0.2, 0.25) is 5.82 Å². The summed E-state index contributed by atoms with van der Waals surface area (Å²) in [6.45, 7) is 2.61. The van der Waals surface area contributed by atoms with E-state index in [9.17, 15) is 0 Å². The number of nitrogens with zero attached hydrogens (tertiary/aromatic N) is 4. The van der Waals surface area contributed by atoms with Crippen LogP contribution in [-0.4, -0.2) is 31.7 Å². The second-order valence-corrected chi connectivity index (χ2v) is 4.31. The predicted octanol–water partition coefficient (Wildman–Crippen LogP) is 1.82. The van der Waals surface area contributed by atoms with E-state index in [0.29, 0.717) is 24.6 Å². The lowest BCUT2D eigenvalue weighted by Gasteiger charge is -2.03. The van der Waals surface area contributed by atoms with Crippen molar-refractivity contribution in [2.45, 2.75) is 13.3 Å². The van der Waals surface area contributed by atoms with Gasteiger partial charge in [0.1, 0.15) is 11.6 Å². The van der Waals surface area contributed by atoms with E-state index in [4.69, 9.17) is 4.42 Å². The molecule has 0 aliphatic rings. The first-order valence-corrected chi connectivity index (χ1v) is 6.29. The van der Waals surface area contributed by atoms with Gasteiger partial charge in [-0.25, -0.2) is 9.97 Å². The van der Waals surface area contributed by atoms with E-state index >= 15 is 0 Å². The minimum atomic E-state index is 0.570. The van der Waals surface area contributed by atoms with Gasteiger partial charge in [-0.1, -0.05) is 0 Å². The molecule has 0 fully saturated rings. The van der Waals surface area contributed by atoms with Gasteiger partial charge in [0.25, 0.3) is 0 Å². The molecule has 0 radical (unpaired) electrons. The van der Waals surface area contributed by atoms with E-state index in [0.717, 1.165) is 17.3 Å². The molecule has 0 aliphatic carbocycles. The molecule has 20 heavy (non-hydrogen) atoms. The fourth-order valence-corrected chi connectivity index (χ4v) is 1.78. The highest BCUT2D eigenvalue weighted by Crippen LogP contribution is 2.14. The molecule has 0 spiro atoms. The van der Waals surface area contributed by atoms with Gasteiger partial charge in [0.15, 0.2) is 5.76 Å². The first kappa shape index (κ1) is 12.3. The summed E-state index contributed by atoms with van der Waals surface area (Å²) in [4.78, 5) is 12.8. The topological polar surface area (TPSA) is 92.5 Å². The van der Waals surface area contributed by atoms with Gasteiger partial charge in [-0.3, -0.25) is 10.1 Å². The largest absolute Gasteiger partial charge is 0.461 e. The summed E-state index contributed by atoms with van der Waals surface area (Å²) in [7, 11) is 0. The molecule has 2 N–H and O–H groups in total. The number of nitrogens with one attached hydrogen (secondary N) is 2. The Morgan fingerprint density at radius 3 is 3.05 bits per heavy atom. The Balaban J connectivity index is 1.57. The molecule has 102 valence electrons. The molecule has 3 rings (SSSR count). The predicted molar refractivity (Wildman–Crippen MR) is 73.0 cm³/mol. The van der Waals surface area contributed by atoms with Crippen molar-refractivity contribution in [3.05, 3.63) is 42.3 Å². The monoisotopic (exact) mass is 270 g/mol. The van der Waals surface area contributed by atoms with Gasteiger partial charge in [0, 0.05) is 19.2 Å². The summed E-state index contributed by atoms with van der Waals surface area (Å²) in [5.41, 5.74) is 0.884. The molecule has 0 amide bonds. The molecule has 0 saturated heterocycles. The molecule has 0 saturated carbocycles. The molecule has 7 nitrogen and oxygen atoms in total. The van der Waals surface area contributed by atoms with Gasteiger partial charge >= 0.3 is 0 Å². The third-order valence-electron chi connectivity index (χ3n) is 2.70. The average Bonchev–Trinajstić information content (AvgIpc) is 3.09. The number of furan rings is 1. The number of hydrogen-bond acceptors (Lipinski definition) is 6. The van der Waals surface area contributed by atoms with E-state index in [2.05, 4.69) is 30.5 Å². The number of hydrogen-bond donors (Lipinski definition) is 2. The average molecular weight is 270 g/mol. The quantitative estimate of drug-likeness (QED) is 0.734. The van der Waals surface area contributed by atoms with Crippen LogP contribution in [0.15, 0.2) is 35.2 Å². The third kappa shape index (κ3) is 2.82. The second kappa shape index (κ2) is 5.52. The number of aryl methyl sites for hydroxylation is 1. The fourth-order valence-electron chi connectivity index (χ4n) is 1.78. The molecule has 0 unspecified atom stereocenters. The van der Waals surface area contributed by atoms with E-state index in [1.165, 1.54) is 0 Å². The second-order valence-electron chi connectivity index (χ2n) is 4.31. The van der Waals surface area contributed by atoms with Crippen molar-refractivity contribution >= 4 is 5.82 Å². The minimum Gasteiger partial charge on any atom is -0.461 e. The normalized spacial score (nSPS) is 10.7. The SMILES string of the molecule is Cc1cncc(NCCc2nc(-c3ccco3)n[nH]2)n1. The summed E-state index contributed by atoms with van der Waals surface area (Å²) >= 11 is 0. The molecule has 3 aromatic heterocycles. The molecule has 3 heterocycles. The van der Waals surface area contributed by atoms with Crippen molar-refractivity contribution < 1.29 is 4.42 Å². The van der Waals surface area contributed by atoms with E-state index in [-0.39, 0.29) is 0 Å². The van der Waals surface area contributed by atoms with E-state index in [1.807, 2.05) is 19.1 Å². The van der Waals surface area contributed by atoms with Crippen LogP contribution in [0, 0.1) is 6.92 Å². The lowest BCUT2D eigenvalue weighted by atomic mass is 10.4. The van der Waals surface area contributed by atoms with Crippen molar-refractivity contribution in [2.75, 3.05) is 11.9 Å². The van der Waals surface area contributed by atoms with Crippen LogP contribution in [-0.2, 0) is 6.42 Å². The van der Waals surface area contributed by atoms with Gasteiger partial charge in [0.05, 0.1) is 18.2 Å². The summed E-state index contributed by atoms with van der Waals surface area (Å²) in [6.07, 6.45) is 5.73.